The molecular formula is C16H17N3O2. The lowest BCUT2D eigenvalue weighted by atomic mass is 10.1. The summed E-state index contributed by atoms with van der Waals surface area (Å²) in [6, 6.07) is 10.1. The van der Waals surface area contributed by atoms with E-state index in [2.05, 4.69) is 15.6 Å². The lowest BCUT2D eigenvalue weighted by Crippen LogP contribution is -2.24. The van der Waals surface area contributed by atoms with Gasteiger partial charge in [0.05, 0.1) is 0 Å². The predicted molar refractivity (Wildman–Crippen MR) is 81.3 cm³/mol. The van der Waals surface area contributed by atoms with Crippen LogP contribution in [-0.2, 0) is 0 Å². The highest BCUT2D eigenvalue weighted by atomic mass is 16.2. The molecule has 0 spiro atoms. The first-order chi connectivity index (χ1) is 10.2. The van der Waals surface area contributed by atoms with Gasteiger partial charge in [0.1, 0.15) is 0 Å². The van der Waals surface area contributed by atoms with E-state index in [9.17, 15) is 9.59 Å². The third-order valence-corrected chi connectivity index (χ3v) is 2.86. The number of nitrogens with zero attached hydrogens (tertiary/aromatic N) is 1. The molecule has 1 aromatic carbocycles. The lowest BCUT2D eigenvalue weighted by Gasteiger charge is -2.08. The molecule has 5 heteroatoms. The zero-order chi connectivity index (χ0) is 15.1. The van der Waals surface area contributed by atoms with Gasteiger partial charge in [0.15, 0.2) is 0 Å². The Hall–Kier alpha value is -2.69. The minimum Gasteiger partial charge on any atom is -0.352 e. The highest BCUT2D eigenvalue weighted by Crippen LogP contribution is 2.12. The van der Waals surface area contributed by atoms with Crippen molar-refractivity contribution in [2.75, 3.05) is 11.9 Å². The third-order valence-electron chi connectivity index (χ3n) is 2.86. The fraction of sp³-hybridized carbons (Fsp3) is 0.188. The highest BCUT2D eigenvalue weighted by molar-refractivity contribution is 6.05. The van der Waals surface area contributed by atoms with Crippen molar-refractivity contribution in [1.29, 1.82) is 0 Å². The topological polar surface area (TPSA) is 71.1 Å². The van der Waals surface area contributed by atoms with Crippen molar-refractivity contribution in [2.45, 2.75) is 13.3 Å². The molecule has 0 aliphatic carbocycles. The van der Waals surface area contributed by atoms with Crippen molar-refractivity contribution in [3.63, 3.8) is 0 Å². The smallest absolute Gasteiger partial charge is 0.255 e. The zero-order valence-electron chi connectivity index (χ0n) is 11.8. The van der Waals surface area contributed by atoms with Gasteiger partial charge in [-0.15, -0.1) is 0 Å². The van der Waals surface area contributed by atoms with Gasteiger partial charge in [0.25, 0.3) is 11.8 Å². The first kappa shape index (κ1) is 14.7. The minimum absolute atomic E-state index is 0.142. The Bertz CT molecular complexity index is 626. The summed E-state index contributed by atoms with van der Waals surface area (Å²) >= 11 is 0. The molecule has 0 saturated carbocycles. The molecule has 2 N–H and O–H groups in total. The van der Waals surface area contributed by atoms with Gasteiger partial charge in [-0.2, -0.15) is 0 Å². The lowest BCUT2D eigenvalue weighted by molar-refractivity contribution is 0.0952. The highest BCUT2D eigenvalue weighted by Gasteiger charge is 2.08. The van der Waals surface area contributed by atoms with Crippen molar-refractivity contribution < 1.29 is 9.59 Å². The van der Waals surface area contributed by atoms with Crippen LogP contribution in [0.3, 0.4) is 0 Å². The van der Waals surface area contributed by atoms with Gasteiger partial charge >= 0.3 is 0 Å². The number of rotatable bonds is 5. The average molecular weight is 283 g/mol. The van der Waals surface area contributed by atoms with Gasteiger partial charge in [0, 0.05) is 35.8 Å². The van der Waals surface area contributed by atoms with Crippen LogP contribution < -0.4 is 10.6 Å². The van der Waals surface area contributed by atoms with Gasteiger partial charge in [-0.25, -0.2) is 0 Å². The first-order valence-corrected chi connectivity index (χ1v) is 6.80. The van der Waals surface area contributed by atoms with Crippen LogP contribution in [0.1, 0.15) is 34.1 Å². The molecule has 5 nitrogen and oxygen atoms in total. The summed E-state index contributed by atoms with van der Waals surface area (Å²) in [5, 5.41) is 5.56. The summed E-state index contributed by atoms with van der Waals surface area (Å²) < 4.78 is 0. The van der Waals surface area contributed by atoms with Crippen LogP contribution in [0.2, 0.25) is 0 Å². The molecule has 0 fully saturated rings. The van der Waals surface area contributed by atoms with Gasteiger partial charge < -0.3 is 10.6 Å². The largest absolute Gasteiger partial charge is 0.352 e. The summed E-state index contributed by atoms with van der Waals surface area (Å²) in [6.45, 7) is 2.62. The molecule has 0 aliphatic rings. The first-order valence-electron chi connectivity index (χ1n) is 6.80. The molecule has 0 atom stereocenters. The standard InChI is InChI=1S/C16H17N3O2/c1-2-8-18-15(20)13-4-3-5-14(11-13)19-16(21)12-6-9-17-10-7-12/h3-7,9-11H,2,8H2,1H3,(H,18,20)(H,19,21). The van der Waals surface area contributed by atoms with E-state index >= 15 is 0 Å². The van der Waals surface area contributed by atoms with E-state index in [0.717, 1.165) is 6.42 Å². The molecule has 0 radical (unpaired) electrons. The fourth-order valence-corrected chi connectivity index (χ4v) is 1.79. The minimum atomic E-state index is -0.233. The van der Waals surface area contributed by atoms with E-state index in [0.29, 0.717) is 23.4 Å². The second kappa shape index (κ2) is 7.19. The Labute approximate surface area is 123 Å². The molecule has 0 aliphatic heterocycles. The number of carbonyl (C=O) groups excluding carboxylic acids is 2. The van der Waals surface area contributed by atoms with Crippen molar-refractivity contribution in [1.82, 2.24) is 10.3 Å². The molecular weight excluding hydrogens is 266 g/mol. The Morgan fingerprint density at radius 2 is 1.81 bits per heavy atom. The van der Waals surface area contributed by atoms with Gasteiger partial charge in [0.2, 0.25) is 0 Å². The van der Waals surface area contributed by atoms with E-state index in [1.165, 1.54) is 0 Å². The van der Waals surface area contributed by atoms with E-state index < -0.39 is 0 Å². The Kier molecular flexibility index (Phi) is 5.04. The van der Waals surface area contributed by atoms with Crippen LogP contribution in [0.25, 0.3) is 0 Å². The zero-order valence-corrected chi connectivity index (χ0v) is 11.8. The fourth-order valence-electron chi connectivity index (χ4n) is 1.79. The molecule has 1 heterocycles. The van der Waals surface area contributed by atoms with E-state index in [1.54, 1.807) is 48.8 Å². The second-order valence-corrected chi connectivity index (χ2v) is 4.53. The Morgan fingerprint density at radius 3 is 2.52 bits per heavy atom. The quantitative estimate of drug-likeness (QED) is 0.885. The monoisotopic (exact) mass is 283 g/mol. The van der Waals surface area contributed by atoms with Crippen LogP contribution in [-0.4, -0.2) is 23.3 Å². The number of nitrogens with one attached hydrogen (secondary N) is 2. The molecule has 1 aromatic heterocycles. The maximum absolute atomic E-state index is 12.0. The van der Waals surface area contributed by atoms with Gasteiger partial charge in [-0.3, -0.25) is 14.6 Å². The van der Waals surface area contributed by atoms with E-state index in [-0.39, 0.29) is 11.8 Å². The number of anilines is 1. The van der Waals surface area contributed by atoms with Crippen molar-refractivity contribution >= 4 is 17.5 Å². The number of pyridine rings is 1. The van der Waals surface area contributed by atoms with Gasteiger partial charge in [-0.05, 0) is 36.8 Å². The second-order valence-electron chi connectivity index (χ2n) is 4.53. The third kappa shape index (κ3) is 4.14. The Balaban J connectivity index is 2.07. The van der Waals surface area contributed by atoms with Gasteiger partial charge in [-0.1, -0.05) is 13.0 Å². The molecule has 0 saturated heterocycles. The predicted octanol–water partition coefficient (Wildman–Crippen LogP) is 2.47. The van der Waals surface area contributed by atoms with Crippen LogP contribution in [0.5, 0.6) is 0 Å². The van der Waals surface area contributed by atoms with E-state index in [4.69, 9.17) is 0 Å². The molecule has 108 valence electrons. The van der Waals surface area contributed by atoms with Crippen LogP contribution in [0, 0.1) is 0 Å². The maximum Gasteiger partial charge on any atom is 0.255 e. The number of hydrogen-bond donors (Lipinski definition) is 2. The maximum atomic E-state index is 12.0. The normalized spacial score (nSPS) is 9.95. The van der Waals surface area contributed by atoms with Crippen LogP contribution >= 0.6 is 0 Å². The molecule has 21 heavy (non-hydrogen) atoms. The number of carbonyl (C=O) groups is 2. The van der Waals surface area contributed by atoms with E-state index in [1.807, 2.05) is 6.92 Å². The molecule has 2 amide bonds. The van der Waals surface area contributed by atoms with Crippen molar-refractivity contribution in [3.05, 3.63) is 59.9 Å². The number of amides is 2. The van der Waals surface area contributed by atoms with Crippen LogP contribution in [0.15, 0.2) is 48.8 Å². The average Bonchev–Trinajstić information content (AvgIpc) is 2.53. The summed E-state index contributed by atoms with van der Waals surface area (Å²) in [7, 11) is 0. The Morgan fingerprint density at radius 1 is 1.05 bits per heavy atom. The van der Waals surface area contributed by atoms with Crippen molar-refractivity contribution in [2.24, 2.45) is 0 Å². The summed E-state index contributed by atoms with van der Waals surface area (Å²) in [5.41, 5.74) is 1.63. The van der Waals surface area contributed by atoms with Crippen molar-refractivity contribution in [3.8, 4) is 0 Å². The molecule has 0 unspecified atom stereocenters. The van der Waals surface area contributed by atoms with Crippen LogP contribution in [0.4, 0.5) is 5.69 Å². The summed E-state index contributed by atoms with van der Waals surface area (Å²) in [4.78, 5) is 27.8. The summed E-state index contributed by atoms with van der Waals surface area (Å²) in [6.07, 6.45) is 4.00. The number of hydrogen-bond acceptors (Lipinski definition) is 3. The molecule has 2 aromatic rings. The molecule has 2 rings (SSSR count). The molecule has 0 bridgehead atoms. The number of benzene rings is 1. The number of aromatic nitrogens is 1. The summed E-state index contributed by atoms with van der Waals surface area (Å²) in [5.74, 6) is -0.375. The SMILES string of the molecule is CCCNC(=O)c1cccc(NC(=O)c2ccncc2)c1.